The topological polar surface area (TPSA) is 129 Å². The maximum Gasteiger partial charge on any atom is 0.306 e. The highest BCUT2D eigenvalue weighted by Gasteiger charge is 2.23. The Kier molecular flexibility index (Phi) is 50.8. The largest absolute Gasteiger partial charge is 0.465 e. The summed E-state index contributed by atoms with van der Waals surface area (Å²) in [6, 6.07) is 0. The van der Waals surface area contributed by atoms with Gasteiger partial charge in [0.25, 0.3) is 0 Å². The Morgan fingerprint density at radius 3 is 1.01 bits per heavy atom. The van der Waals surface area contributed by atoms with Crippen molar-refractivity contribution in [2.45, 2.75) is 318 Å². The Balaban J connectivity index is 5.34. The number of carbonyl (C=O) groups is 5. The Bertz CT molecular complexity index is 1200. The van der Waals surface area contributed by atoms with E-state index in [1.54, 1.807) is 0 Å². The minimum absolute atomic E-state index is 0.0226. The van der Waals surface area contributed by atoms with Gasteiger partial charge in [-0.1, -0.05) is 177 Å². The second-order valence-electron chi connectivity index (χ2n) is 21.4. The van der Waals surface area contributed by atoms with Crippen molar-refractivity contribution in [3.8, 4) is 0 Å². The van der Waals surface area contributed by atoms with Crippen molar-refractivity contribution in [1.82, 2.24) is 9.80 Å². The first kappa shape index (κ1) is 70.3. The van der Waals surface area contributed by atoms with E-state index in [4.69, 9.17) is 18.9 Å². The van der Waals surface area contributed by atoms with Gasteiger partial charge >= 0.3 is 23.9 Å². The van der Waals surface area contributed by atoms with Crippen LogP contribution < -0.4 is 0 Å². The molecule has 0 spiro atoms. The maximum atomic E-state index is 13.8. The molecule has 0 saturated heterocycles. The van der Waals surface area contributed by atoms with E-state index in [0.29, 0.717) is 45.2 Å². The van der Waals surface area contributed by atoms with Crippen LogP contribution in [0.1, 0.15) is 305 Å². The molecule has 73 heavy (non-hydrogen) atoms. The van der Waals surface area contributed by atoms with Crippen LogP contribution in [0.25, 0.3) is 0 Å². The molecule has 0 aliphatic carbocycles. The molecule has 0 saturated carbocycles. The summed E-state index contributed by atoms with van der Waals surface area (Å²) in [5, 5.41) is 0. The van der Waals surface area contributed by atoms with Crippen LogP contribution >= 0.6 is 0 Å². The highest BCUT2D eigenvalue weighted by molar-refractivity contribution is 5.76. The predicted octanol–water partition coefficient (Wildman–Crippen LogP) is 16.4. The van der Waals surface area contributed by atoms with Crippen LogP contribution in [0.5, 0.6) is 0 Å². The van der Waals surface area contributed by atoms with Gasteiger partial charge in [0.1, 0.15) is 12.2 Å². The molecule has 0 atom stereocenters. The Hall–Kier alpha value is -2.69. The van der Waals surface area contributed by atoms with Crippen LogP contribution in [0.2, 0.25) is 0 Å². The van der Waals surface area contributed by atoms with E-state index in [1.807, 2.05) is 4.90 Å². The third kappa shape index (κ3) is 45.2. The number of ether oxygens (including phenoxy) is 4. The lowest BCUT2D eigenvalue weighted by molar-refractivity contribution is -0.151. The zero-order valence-electron chi connectivity index (χ0n) is 49.0. The molecule has 0 bridgehead atoms. The summed E-state index contributed by atoms with van der Waals surface area (Å²) < 4.78 is 23.6. The molecule has 0 N–H and O–H groups in total. The van der Waals surface area contributed by atoms with Crippen molar-refractivity contribution in [2.24, 2.45) is 5.92 Å². The zero-order valence-corrected chi connectivity index (χ0v) is 49.0. The van der Waals surface area contributed by atoms with Gasteiger partial charge in [-0.25, -0.2) is 0 Å². The lowest BCUT2D eigenvalue weighted by Gasteiger charge is -2.28. The molecule has 0 aromatic heterocycles. The molecule has 11 nitrogen and oxygen atoms in total. The summed E-state index contributed by atoms with van der Waals surface area (Å²) in [6.45, 7) is 19.5. The van der Waals surface area contributed by atoms with E-state index in [0.717, 1.165) is 148 Å². The Morgan fingerprint density at radius 1 is 0.342 bits per heavy atom. The fourth-order valence-electron chi connectivity index (χ4n) is 9.56. The first-order chi connectivity index (χ1) is 35.6. The van der Waals surface area contributed by atoms with Crippen LogP contribution in [0.3, 0.4) is 0 Å². The molecule has 1 amide bonds. The minimum Gasteiger partial charge on any atom is -0.465 e. The molecule has 0 heterocycles. The van der Waals surface area contributed by atoms with E-state index in [-0.39, 0.29) is 74.0 Å². The quantitative estimate of drug-likeness (QED) is 0.0330. The fourth-order valence-corrected chi connectivity index (χ4v) is 9.56. The summed E-state index contributed by atoms with van der Waals surface area (Å²) in [6.07, 6.45) is 37.9. The molecule has 430 valence electrons. The summed E-state index contributed by atoms with van der Waals surface area (Å²) in [7, 11) is 0. The third-order valence-corrected chi connectivity index (χ3v) is 14.5. The highest BCUT2D eigenvalue weighted by atomic mass is 16.6. The second kappa shape index (κ2) is 52.7. The molecule has 0 radical (unpaired) electrons. The number of rotatable bonds is 55. The summed E-state index contributed by atoms with van der Waals surface area (Å²) in [4.78, 5) is 69.9. The van der Waals surface area contributed by atoms with Crippen molar-refractivity contribution in [2.75, 3.05) is 45.9 Å². The van der Waals surface area contributed by atoms with Crippen LogP contribution in [0.4, 0.5) is 0 Å². The molecule has 0 aromatic carbocycles. The predicted molar refractivity (Wildman–Crippen MR) is 303 cm³/mol. The first-order valence-corrected chi connectivity index (χ1v) is 31.3. The first-order valence-electron chi connectivity index (χ1n) is 31.3. The monoisotopic (exact) mass is 1030 g/mol. The number of unbranched alkanes of at least 4 members (excludes halogenated alkanes) is 23. The summed E-state index contributed by atoms with van der Waals surface area (Å²) in [5.74, 6) is -1.03. The molecule has 11 heteroatoms. The second-order valence-corrected chi connectivity index (χ2v) is 21.4. The highest BCUT2D eigenvalue weighted by Crippen LogP contribution is 2.20. The molecular formula is C62H118N2O9. The van der Waals surface area contributed by atoms with Crippen LogP contribution in [-0.4, -0.2) is 97.7 Å². The number of nitrogens with zero attached hydrogens (tertiary/aromatic N) is 2. The van der Waals surface area contributed by atoms with E-state index < -0.39 is 0 Å². The average molecular weight is 1040 g/mol. The van der Waals surface area contributed by atoms with E-state index in [1.165, 1.54) is 83.5 Å². The molecular weight excluding hydrogens is 917 g/mol. The van der Waals surface area contributed by atoms with Crippen LogP contribution in [0, 0.1) is 5.92 Å². The fraction of sp³-hybridized carbons (Fsp3) is 0.919. The molecule has 0 aliphatic rings. The summed E-state index contributed by atoms with van der Waals surface area (Å²) in [5.41, 5.74) is 0. The van der Waals surface area contributed by atoms with Crippen molar-refractivity contribution < 1.29 is 42.9 Å². The zero-order chi connectivity index (χ0) is 53.8. The number of carbonyl (C=O) groups excluding carboxylic acids is 5. The Labute approximate surface area is 450 Å². The lowest BCUT2D eigenvalue weighted by Crippen LogP contribution is -2.39. The Morgan fingerprint density at radius 2 is 0.658 bits per heavy atom. The molecule has 0 aromatic rings. The smallest absolute Gasteiger partial charge is 0.306 e. The minimum atomic E-state index is -0.346. The lowest BCUT2D eigenvalue weighted by atomic mass is 10.0. The number of amides is 1. The van der Waals surface area contributed by atoms with Gasteiger partial charge in [-0.15, -0.1) is 0 Å². The van der Waals surface area contributed by atoms with Gasteiger partial charge in [0.15, 0.2) is 0 Å². The number of hydrogen-bond acceptors (Lipinski definition) is 10. The van der Waals surface area contributed by atoms with Crippen molar-refractivity contribution >= 4 is 29.8 Å². The summed E-state index contributed by atoms with van der Waals surface area (Å²) >= 11 is 0. The molecule has 0 fully saturated rings. The molecule has 0 aliphatic heterocycles. The number of hydrogen-bond donors (Lipinski definition) is 0. The third-order valence-electron chi connectivity index (χ3n) is 14.5. The standard InChI is InChI=1S/C62H118N2O9/c1-8-15-20-25-34-45-58(65)64(51-40-39-50-63(13-6)14-7)52-55(53-70-59(66)46-35-26-28-37-48-61(68)72-56(41-30-21-16-9-2)42-31-22-17-10-3)54-71-60(67)47-36-27-29-38-49-62(69)73-57(43-32-23-18-11-4)44-33-24-19-12-5/h55-57H,8-54H2,1-7H3. The molecule has 0 unspecified atom stereocenters. The van der Waals surface area contributed by atoms with Crippen molar-refractivity contribution in [3.63, 3.8) is 0 Å². The van der Waals surface area contributed by atoms with Gasteiger partial charge in [0, 0.05) is 51.1 Å². The van der Waals surface area contributed by atoms with Gasteiger partial charge in [-0.05, 0) is 116 Å². The van der Waals surface area contributed by atoms with Gasteiger partial charge in [-0.2, -0.15) is 0 Å². The van der Waals surface area contributed by atoms with Gasteiger partial charge < -0.3 is 28.7 Å². The van der Waals surface area contributed by atoms with Crippen molar-refractivity contribution in [1.29, 1.82) is 0 Å². The average Bonchev–Trinajstić information content (AvgIpc) is 3.38. The van der Waals surface area contributed by atoms with Gasteiger partial charge in [0.2, 0.25) is 5.91 Å². The number of esters is 4. The SMILES string of the molecule is CCCCCCCC(=O)N(CCCCN(CC)CC)CC(COC(=O)CCCCCCC(=O)OC(CCCCCC)CCCCCC)COC(=O)CCCCCCC(=O)OC(CCCCCC)CCCCCC. The van der Waals surface area contributed by atoms with E-state index in [9.17, 15) is 24.0 Å². The van der Waals surface area contributed by atoms with Crippen LogP contribution in [-0.2, 0) is 42.9 Å². The van der Waals surface area contributed by atoms with Crippen LogP contribution in [0.15, 0.2) is 0 Å². The maximum absolute atomic E-state index is 13.8. The van der Waals surface area contributed by atoms with E-state index in [2.05, 4.69) is 53.4 Å². The van der Waals surface area contributed by atoms with Crippen molar-refractivity contribution in [3.05, 3.63) is 0 Å². The van der Waals surface area contributed by atoms with Gasteiger partial charge in [-0.3, -0.25) is 24.0 Å². The van der Waals surface area contributed by atoms with E-state index >= 15 is 0 Å². The normalized spacial score (nSPS) is 11.5. The molecule has 0 rings (SSSR count). The van der Waals surface area contributed by atoms with Gasteiger partial charge in [0.05, 0.1) is 13.2 Å².